The van der Waals surface area contributed by atoms with Crippen LogP contribution in [0.5, 0.6) is 0 Å². The van der Waals surface area contributed by atoms with E-state index in [1.54, 1.807) is 0 Å². The molecule has 0 amide bonds. The fraction of sp³-hybridized carbons (Fsp3) is 0.417. The van der Waals surface area contributed by atoms with E-state index in [0.717, 1.165) is 0 Å². The molecule has 1 heteroatoms. The first-order valence-corrected chi connectivity index (χ1v) is 5.02. The summed E-state index contributed by atoms with van der Waals surface area (Å²) in [6.45, 7) is 3.42. The van der Waals surface area contributed by atoms with Crippen LogP contribution in [0.4, 0.5) is 0 Å². The maximum atomic E-state index is 4.15. The van der Waals surface area contributed by atoms with Gasteiger partial charge in [0, 0.05) is 18.4 Å². The molecule has 1 nitrogen and oxygen atoms in total. The molecule has 1 saturated heterocycles. The van der Waals surface area contributed by atoms with Gasteiger partial charge in [-0.2, -0.15) is 7.05 Å². The highest BCUT2D eigenvalue weighted by Gasteiger charge is 2.23. The molecule has 70 valence electrons. The molecule has 1 aromatic rings. The molecule has 0 spiro atoms. The molecule has 1 aromatic carbocycles. The van der Waals surface area contributed by atoms with Gasteiger partial charge in [0.1, 0.15) is 0 Å². The predicted octanol–water partition coefficient (Wildman–Crippen LogP) is 1.51. The zero-order chi connectivity index (χ0) is 9.26. The highest BCUT2D eigenvalue weighted by molar-refractivity contribution is 5.27. The Morgan fingerprint density at radius 1 is 1.38 bits per heavy atom. The first-order valence-electron chi connectivity index (χ1n) is 5.02. The summed E-state index contributed by atoms with van der Waals surface area (Å²) >= 11 is 0. The summed E-state index contributed by atoms with van der Waals surface area (Å²) in [5.41, 5.74) is 2.90. The SMILES string of the molecule is [CH2-][NH+]1CCCC1c1ccccc1C. The number of hydrogen-bond donors (Lipinski definition) is 1. The maximum absolute atomic E-state index is 4.15. The fourth-order valence-electron chi connectivity index (χ4n) is 2.26. The molecule has 0 aromatic heterocycles. The Balaban J connectivity index is 2.29. The molecule has 13 heavy (non-hydrogen) atoms. The maximum Gasteiger partial charge on any atom is 0.0896 e. The van der Waals surface area contributed by atoms with Gasteiger partial charge in [0.25, 0.3) is 0 Å². The molecule has 0 radical (unpaired) electrons. The number of benzene rings is 1. The van der Waals surface area contributed by atoms with E-state index < -0.39 is 0 Å². The van der Waals surface area contributed by atoms with Gasteiger partial charge in [-0.15, -0.1) is 0 Å². The number of hydrogen-bond acceptors (Lipinski definition) is 0. The van der Waals surface area contributed by atoms with E-state index in [9.17, 15) is 0 Å². The van der Waals surface area contributed by atoms with Crippen LogP contribution in [0.3, 0.4) is 0 Å². The van der Waals surface area contributed by atoms with E-state index in [0.29, 0.717) is 6.04 Å². The Bertz CT molecular complexity index is 293. The lowest BCUT2D eigenvalue weighted by Crippen LogP contribution is -3.04. The summed E-state index contributed by atoms with van der Waals surface area (Å²) in [5.74, 6) is 0. The van der Waals surface area contributed by atoms with Crippen LogP contribution in [0, 0.1) is 14.0 Å². The van der Waals surface area contributed by atoms with E-state index in [2.05, 4.69) is 38.2 Å². The summed E-state index contributed by atoms with van der Waals surface area (Å²) in [5, 5.41) is 0. The van der Waals surface area contributed by atoms with Gasteiger partial charge in [-0.3, -0.25) is 0 Å². The number of nitrogens with one attached hydrogen (secondary N) is 1. The molecule has 1 fully saturated rings. The Kier molecular flexibility index (Phi) is 2.36. The van der Waals surface area contributed by atoms with Gasteiger partial charge >= 0.3 is 0 Å². The number of quaternary nitrogens is 1. The minimum absolute atomic E-state index is 0.640. The van der Waals surface area contributed by atoms with Gasteiger partial charge in [0.05, 0.1) is 12.6 Å². The van der Waals surface area contributed by atoms with Gasteiger partial charge in [-0.25, -0.2) is 0 Å². The third-order valence-corrected chi connectivity index (χ3v) is 3.05. The van der Waals surface area contributed by atoms with Gasteiger partial charge in [0.2, 0.25) is 0 Å². The van der Waals surface area contributed by atoms with Crippen molar-refractivity contribution in [3.63, 3.8) is 0 Å². The zero-order valence-electron chi connectivity index (χ0n) is 8.22. The molecule has 2 atom stereocenters. The molecule has 1 heterocycles. The minimum Gasteiger partial charge on any atom is -0.462 e. The third kappa shape index (κ3) is 1.61. The summed E-state index contributed by atoms with van der Waals surface area (Å²) in [7, 11) is 4.15. The second-order valence-corrected chi connectivity index (χ2v) is 3.96. The molecule has 2 rings (SSSR count). The highest BCUT2D eigenvalue weighted by Crippen LogP contribution is 2.21. The van der Waals surface area contributed by atoms with Crippen LogP contribution in [0.1, 0.15) is 30.0 Å². The van der Waals surface area contributed by atoms with Crippen molar-refractivity contribution in [1.29, 1.82) is 0 Å². The average Bonchev–Trinajstić information content (AvgIpc) is 2.52. The molecule has 1 aliphatic heterocycles. The monoisotopic (exact) mass is 175 g/mol. The van der Waals surface area contributed by atoms with Crippen LogP contribution in [-0.2, 0) is 0 Å². The molecule has 0 aliphatic carbocycles. The Morgan fingerprint density at radius 2 is 2.15 bits per heavy atom. The summed E-state index contributed by atoms with van der Waals surface area (Å²) in [6.07, 6.45) is 2.61. The second-order valence-electron chi connectivity index (χ2n) is 3.96. The van der Waals surface area contributed by atoms with Crippen molar-refractivity contribution in [3.05, 3.63) is 42.4 Å². The molecule has 2 unspecified atom stereocenters. The molecule has 0 bridgehead atoms. The van der Waals surface area contributed by atoms with Gasteiger partial charge in [-0.1, -0.05) is 24.3 Å². The molecular formula is C12H17N. The van der Waals surface area contributed by atoms with E-state index in [1.807, 2.05) is 0 Å². The van der Waals surface area contributed by atoms with Crippen molar-refractivity contribution in [2.45, 2.75) is 25.8 Å². The number of aryl methyl sites for hydroxylation is 1. The van der Waals surface area contributed by atoms with Gasteiger partial charge < -0.3 is 4.90 Å². The lowest BCUT2D eigenvalue weighted by atomic mass is 10.00. The van der Waals surface area contributed by atoms with Crippen molar-refractivity contribution < 1.29 is 4.90 Å². The molecule has 1 aliphatic rings. The first-order chi connectivity index (χ1) is 6.29. The third-order valence-electron chi connectivity index (χ3n) is 3.05. The Labute approximate surface area is 80.4 Å². The zero-order valence-corrected chi connectivity index (χ0v) is 8.22. The quantitative estimate of drug-likeness (QED) is 0.617. The summed E-state index contributed by atoms with van der Waals surface area (Å²) in [4.78, 5) is 1.43. The first kappa shape index (κ1) is 8.76. The predicted molar refractivity (Wildman–Crippen MR) is 54.3 cm³/mol. The largest absolute Gasteiger partial charge is 0.462 e. The Morgan fingerprint density at radius 3 is 2.77 bits per heavy atom. The standard InChI is InChI=1S/C12H17N/c1-10-6-3-4-7-11(10)12-8-5-9-13(12)2/h3-4,6-7,12-13H,2,5,8-9H2,1H3. The van der Waals surface area contributed by atoms with Crippen molar-refractivity contribution in [2.75, 3.05) is 6.54 Å². The van der Waals surface area contributed by atoms with Crippen LogP contribution < -0.4 is 4.90 Å². The van der Waals surface area contributed by atoms with Crippen LogP contribution in [-0.4, -0.2) is 6.54 Å². The smallest absolute Gasteiger partial charge is 0.0896 e. The summed E-state index contributed by atoms with van der Waals surface area (Å²) in [6, 6.07) is 9.32. The second kappa shape index (κ2) is 3.51. The van der Waals surface area contributed by atoms with Gasteiger partial charge in [-0.05, 0) is 12.5 Å². The fourth-order valence-corrected chi connectivity index (χ4v) is 2.26. The van der Waals surface area contributed by atoms with Crippen molar-refractivity contribution in [3.8, 4) is 0 Å². The Hall–Kier alpha value is -0.820. The van der Waals surface area contributed by atoms with Crippen LogP contribution in [0.25, 0.3) is 0 Å². The van der Waals surface area contributed by atoms with Crippen molar-refractivity contribution >= 4 is 0 Å². The topological polar surface area (TPSA) is 4.44 Å². The number of likely N-dealkylation sites (tertiary alicyclic amines) is 1. The summed E-state index contributed by atoms with van der Waals surface area (Å²) < 4.78 is 0. The van der Waals surface area contributed by atoms with Crippen LogP contribution in [0.15, 0.2) is 24.3 Å². The lowest BCUT2D eigenvalue weighted by Gasteiger charge is -2.24. The minimum atomic E-state index is 0.640. The molecular weight excluding hydrogens is 158 g/mol. The highest BCUT2D eigenvalue weighted by atomic mass is 15.1. The van der Waals surface area contributed by atoms with Gasteiger partial charge in [0.15, 0.2) is 0 Å². The van der Waals surface area contributed by atoms with E-state index in [-0.39, 0.29) is 0 Å². The normalized spacial score (nSPS) is 27.8. The average molecular weight is 175 g/mol. The van der Waals surface area contributed by atoms with E-state index >= 15 is 0 Å². The molecule has 1 N–H and O–H groups in total. The van der Waals surface area contributed by atoms with Crippen LogP contribution >= 0.6 is 0 Å². The van der Waals surface area contributed by atoms with Crippen molar-refractivity contribution in [2.24, 2.45) is 0 Å². The molecule has 0 saturated carbocycles. The van der Waals surface area contributed by atoms with E-state index in [4.69, 9.17) is 0 Å². The lowest BCUT2D eigenvalue weighted by molar-refractivity contribution is -0.873. The van der Waals surface area contributed by atoms with E-state index in [1.165, 1.54) is 35.4 Å². The van der Waals surface area contributed by atoms with Crippen LogP contribution in [0.2, 0.25) is 0 Å². The van der Waals surface area contributed by atoms with Crippen molar-refractivity contribution in [1.82, 2.24) is 0 Å². The number of rotatable bonds is 1.